The number of ether oxygens (including phenoxy) is 2. The smallest absolute Gasteiger partial charge is 0.162 e. The van der Waals surface area contributed by atoms with Crippen molar-refractivity contribution in [3.8, 4) is 11.5 Å². The molecular weight excluding hydrogens is 252 g/mol. The van der Waals surface area contributed by atoms with Crippen LogP contribution in [0.3, 0.4) is 0 Å². The summed E-state index contributed by atoms with van der Waals surface area (Å²) in [7, 11) is 3.36. The summed E-state index contributed by atoms with van der Waals surface area (Å²) in [5, 5.41) is 3.62. The van der Waals surface area contributed by atoms with Gasteiger partial charge < -0.3 is 19.7 Å². The molecule has 1 N–H and O–H groups in total. The van der Waals surface area contributed by atoms with Crippen LogP contribution >= 0.6 is 0 Å². The van der Waals surface area contributed by atoms with Crippen LogP contribution in [0.25, 0.3) is 0 Å². The Kier molecular flexibility index (Phi) is 5.12. The lowest BCUT2D eigenvalue weighted by molar-refractivity contribution is 0.353. The van der Waals surface area contributed by atoms with Crippen LogP contribution in [0.4, 0.5) is 5.69 Å². The predicted molar refractivity (Wildman–Crippen MR) is 83.1 cm³/mol. The molecule has 1 fully saturated rings. The third-order valence-corrected chi connectivity index (χ3v) is 4.16. The molecule has 2 unspecified atom stereocenters. The second kappa shape index (κ2) is 6.84. The topological polar surface area (TPSA) is 33.7 Å². The second-order valence-electron chi connectivity index (χ2n) is 5.27. The van der Waals surface area contributed by atoms with E-state index in [9.17, 15) is 0 Å². The van der Waals surface area contributed by atoms with Gasteiger partial charge in [-0.2, -0.15) is 0 Å². The third-order valence-electron chi connectivity index (χ3n) is 4.16. The van der Waals surface area contributed by atoms with Crippen LogP contribution in [0, 0.1) is 0 Å². The molecule has 0 saturated carbocycles. The van der Waals surface area contributed by atoms with Crippen LogP contribution in [0.1, 0.15) is 26.7 Å². The molecule has 0 aliphatic carbocycles. The minimum Gasteiger partial charge on any atom is -0.493 e. The number of nitrogens with one attached hydrogen (secondary N) is 1. The summed E-state index contributed by atoms with van der Waals surface area (Å²) >= 11 is 0. The highest BCUT2D eigenvalue weighted by atomic mass is 16.5. The summed E-state index contributed by atoms with van der Waals surface area (Å²) in [5.41, 5.74) is 1.22. The number of piperazine rings is 1. The van der Waals surface area contributed by atoms with Crippen molar-refractivity contribution in [2.45, 2.75) is 38.8 Å². The minimum absolute atomic E-state index is 0.538. The molecule has 20 heavy (non-hydrogen) atoms. The predicted octanol–water partition coefficient (Wildman–Crippen LogP) is 2.67. The van der Waals surface area contributed by atoms with E-state index in [1.54, 1.807) is 14.2 Å². The summed E-state index contributed by atoms with van der Waals surface area (Å²) < 4.78 is 10.7. The highest BCUT2D eigenvalue weighted by Gasteiger charge is 2.26. The van der Waals surface area contributed by atoms with Crippen molar-refractivity contribution in [2.24, 2.45) is 0 Å². The van der Waals surface area contributed by atoms with Crippen molar-refractivity contribution in [1.29, 1.82) is 0 Å². The Morgan fingerprint density at radius 1 is 1.15 bits per heavy atom. The second-order valence-corrected chi connectivity index (χ2v) is 5.27. The zero-order chi connectivity index (χ0) is 14.5. The molecule has 0 bridgehead atoms. The van der Waals surface area contributed by atoms with E-state index in [4.69, 9.17) is 9.47 Å². The lowest BCUT2D eigenvalue weighted by atomic mass is 10.0. The molecule has 0 aromatic heterocycles. The van der Waals surface area contributed by atoms with Crippen LogP contribution in [-0.4, -0.2) is 39.4 Å². The molecule has 112 valence electrons. The molecule has 0 radical (unpaired) electrons. The van der Waals surface area contributed by atoms with Gasteiger partial charge in [-0.3, -0.25) is 0 Å². The Morgan fingerprint density at radius 2 is 1.90 bits per heavy atom. The van der Waals surface area contributed by atoms with Gasteiger partial charge in [-0.15, -0.1) is 0 Å². The summed E-state index contributed by atoms with van der Waals surface area (Å²) in [6, 6.07) is 7.30. The first-order valence-electron chi connectivity index (χ1n) is 7.45. The number of anilines is 1. The summed E-state index contributed by atoms with van der Waals surface area (Å²) in [6.45, 7) is 6.57. The van der Waals surface area contributed by atoms with E-state index < -0.39 is 0 Å². The lowest BCUT2D eigenvalue weighted by Crippen LogP contribution is -2.56. The maximum atomic E-state index is 5.42. The van der Waals surface area contributed by atoms with E-state index in [1.807, 2.05) is 6.07 Å². The quantitative estimate of drug-likeness (QED) is 0.898. The highest BCUT2D eigenvalue weighted by molar-refractivity contribution is 5.57. The molecule has 1 heterocycles. The van der Waals surface area contributed by atoms with Crippen molar-refractivity contribution >= 4 is 5.69 Å². The molecule has 0 amide bonds. The van der Waals surface area contributed by atoms with Crippen molar-refractivity contribution in [1.82, 2.24) is 5.32 Å². The fourth-order valence-electron chi connectivity index (χ4n) is 2.82. The van der Waals surface area contributed by atoms with Gasteiger partial charge in [0.15, 0.2) is 11.5 Å². The zero-order valence-corrected chi connectivity index (χ0v) is 13.0. The molecule has 1 saturated heterocycles. The van der Waals surface area contributed by atoms with E-state index in [2.05, 4.69) is 36.2 Å². The number of nitrogens with zero attached hydrogens (tertiary/aromatic N) is 1. The molecule has 2 atom stereocenters. The van der Waals surface area contributed by atoms with Gasteiger partial charge in [-0.1, -0.05) is 13.8 Å². The molecule has 4 nitrogen and oxygen atoms in total. The first kappa shape index (κ1) is 15.0. The normalized spacial score (nSPS) is 22.7. The van der Waals surface area contributed by atoms with Gasteiger partial charge in [0.05, 0.1) is 14.2 Å². The van der Waals surface area contributed by atoms with Gasteiger partial charge >= 0.3 is 0 Å². The molecule has 4 heteroatoms. The molecule has 0 spiro atoms. The molecule has 1 aromatic carbocycles. The minimum atomic E-state index is 0.538. The summed E-state index contributed by atoms with van der Waals surface area (Å²) in [6.07, 6.45) is 2.29. The zero-order valence-electron chi connectivity index (χ0n) is 13.0. The lowest BCUT2D eigenvalue weighted by Gasteiger charge is -2.41. The Morgan fingerprint density at radius 3 is 2.50 bits per heavy atom. The van der Waals surface area contributed by atoms with Crippen LogP contribution in [-0.2, 0) is 0 Å². The summed E-state index contributed by atoms with van der Waals surface area (Å²) in [4.78, 5) is 2.49. The van der Waals surface area contributed by atoms with Crippen LogP contribution in [0.15, 0.2) is 18.2 Å². The molecule has 2 rings (SSSR count). The number of hydrogen-bond donors (Lipinski definition) is 1. The highest BCUT2D eigenvalue weighted by Crippen LogP contribution is 2.33. The average Bonchev–Trinajstić information content (AvgIpc) is 2.53. The van der Waals surface area contributed by atoms with Gasteiger partial charge in [0.2, 0.25) is 0 Å². The Bertz CT molecular complexity index is 436. The molecule has 1 aliphatic rings. The van der Waals surface area contributed by atoms with E-state index in [0.29, 0.717) is 12.1 Å². The maximum Gasteiger partial charge on any atom is 0.162 e. The fraction of sp³-hybridized carbons (Fsp3) is 0.625. The van der Waals surface area contributed by atoms with E-state index in [0.717, 1.165) is 37.4 Å². The van der Waals surface area contributed by atoms with Gasteiger partial charge in [0.1, 0.15) is 0 Å². The molecular formula is C16H26N2O2. The van der Waals surface area contributed by atoms with E-state index >= 15 is 0 Å². The number of benzene rings is 1. The van der Waals surface area contributed by atoms with Gasteiger partial charge in [-0.25, -0.2) is 0 Å². The third kappa shape index (κ3) is 3.01. The standard InChI is InChI=1S/C16H26N2O2/c1-5-12-11-18(13(6-2)10-17-12)14-7-8-15(19-3)16(9-14)20-4/h7-9,12-13,17H,5-6,10-11H2,1-4H3. The maximum absolute atomic E-state index is 5.42. The Hall–Kier alpha value is -1.42. The number of methoxy groups -OCH3 is 2. The SMILES string of the molecule is CCC1CN(c2ccc(OC)c(OC)c2)C(CC)CN1. The molecule has 1 aromatic rings. The van der Waals surface area contributed by atoms with Crippen LogP contribution in [0.5, 0.6) is 11.5 Å². The van der Waals surface area contributed by atoms with E-state index in [-0.39, 0.29) is 0 Å². The number of hydrogen-bond acceptors (Lipinski definition) is 4. The average molecular weight is 278 g/mol. The fourth-order valence-corrected chi connectivity index (χ4v) is 2.82. The van der Waals surface area contributed by atoms with Crippen LogP contribution in [0.2, 0.25) is 0 Å². The Balaban J connectivity index is 2.27. The van der Waals surface area contributed by atoms with Gasteiger partial charge in [-0.05, 0) is 25.0 Å². The monoisotopic (exact) mass is 278 g/mol. The van der Waals surface area contributed by atoms with Gasteiger partial charge in [0, 0.05) is 36.9 Å². The largest absolute Gasteiger partial charge is 0.493 e. The molecule has 1 aliphatic heterocycles. The van der Waals surface area contributed by atoms with Crippen molar-refractivity contribution in [2.75, 3.05) is 32.2 Å². The summed E-state index contributed by atoms with van der Waals surface area (Å²) in [5.74, 6) is 1.58. The van der Waals surface area contributed by atoms with E-state index in [1.165, 1.54) is 5.69 Å². The first-order chi connectivity index (χ1) is 9.73. The van der Waals surface area contributed by atoms with Crippen LogP contribution < -0.4 is 19.7 Å². The van der Waals surface area contributed by atoms with Crippen molar-refractivity contribution in [3.05, 3.63) is 18.2 Å². The van der Waals surface area contributed by atoms with Crippen molar-refractivity contribution in [3.63, 3.8) is 0 Å². The van der Waals surface area contributed by atoms with Gasteiger partial charge in [0.25, 0.3) is 0 Å². The Labute approximate surface area is 122 Å². The first-order valence-corrected chi connectivity index (χ1v) is 7.45. The van der Waals surface area contributed by atoms with Crippen molar-refractivity contribution < 1.29 is 9.47 Å². The number of rotatable bonds is 5.